The topological polar surface area (TPSA) is 94.8 Å². The molecule has 0 radical (unpaired) electrons. The van der Waals surface area contributed by atoms with Gasteiger partial charge in [-0.05, 0) is 15.9 Å². The summed E-state index contributed by atoms with van der Waals surface area (Å²) >= 11 is 3.30. The molecule has 0 aliphatic rings. The van der Waals surface area contributed by atoms with E-state index in [1.165, 1.54) is 18.1 Å². The molecule has 2 heterocycles. The monoisotopic (exact) mass is 312 g/mol. The van der Waals surface area contributed by atoms with Gasteiger partial charge in [-0.1, -0.05) is 0 Å². The van der Waals surface area contributed by atoms with Gasteiger partial charge in [0, 0.05) is 13.2 Å². The second-order valence-electron chi connectivity index (χ2n) is 3.12. The quantitative estimate of drug-likeness (QED) is 0.831. The lowest BCUT2D eigenvalue weighted by Crippen LogP contribution is -2.07. The number of carbonyl (C=O) groups excluding carboxylic acids is 1. The smallest absolute Gasteiger partial charge is 0.377 e. The zero-order valence-electron chi connectivity index (χ0n) is 9.59. The Morgan fingerprint density at radius 3 is 2.94 bits per heavy atom. The summed E-state index contributed by atoms with van der Waals surface area (Å²) < 4.78 is 6.51. The lowest BCUT2D eigenvalue weighted by Gasteiger charge is -2.04. The van der Waals surface area contributed by atoms with Gasteiger partial charge in [0.25, 0.3) is 5.82 Å². The van der Waals surface area contributed by atoms with E-state index in [4.69, 9.17) is 0 Å². The maximum Gasteiger partial charge on any atom is 0.377 e. The second kappa shape index (κ2) is 5.08. The molecular weight excluding hydrogens is 304 g/mol. The first-order chi connectivity index (χ1) is 8.65. The van der Waals surface area contributed by atoms with Crippen LogP contribution in [0.1, 0.15) is 10.6 Å². The molecule has 1 N–H and O–H groups in total. The largest absolute Gasteiger partial charge is 0.463 e. The highest BCUT2D eigenvalue weighted by atomic mass is 79.9. The standard InChI is InChI=1S/C9H9BrN6O2/c1-11-9-12-3-5(10)7(14-9)16-4-13-6(15-16)8(17)18-2/h3-4H,1-2H3,(H,11,12,14). The molecule has 8 nitrogen and oxygen atoms in total. The Kier molecular flexibility index (Phi) is 3.51. The number of aromatic nitrogens is 5. The summed E-state index contributed by atoms with van der Waals surface area (Å²) in [6.45, 7) is 0. The molecule has 0 atom stereocenters. The average molecular weight is 313 g/mol. The molecule has 0 saturated carbocycles. The zero-order valence-corrected chi connectivity index (χ0v) is 11.2. The first-order valence-electron chi connectivity index (χ1n) is 4.86. The van der Waals surface area contributed by atoms with E-state index in [9.17, 15) is 4.79 Å². The van der Waals surface area contributed by atoms with E-state index in [0.717, 1.165) is 0 Å². The van der Waals surface area contributed by atoms with Crippen LogP contribution in [0.3, 0.4) is 0 Å². The summed E-state index contributed by atoms with van der Waals surface area (Å²) in [4.78, 5) is 23.3. The number of nitrogens with one attached hydrogen (secondary N) is 1. The molecule has 2 rings (SSSR count). The Bertz CT molecular complexity index is 584. The van der Waals surface area contributed by atoms with Crippen LogP contribution < -0.4 is 5.32 Å². The molecule has 2 aromatic rings. The number of nitrogens with zero attached hydrogens (tertiary/aromatic N) is 5. The third-order valence-electron chi connectivity index (χ3n) is 2.03. The summed E-state index contributed by atoms with van der Waals surface area (Å²) in [7, 11) is 2.97. The van der Waals surface area contributed by atoms with E-state index in [1.807, 2.05) is 0 Å². The fourth-order valence-corrected chi connectivity index (χ4v) is 1.56. The van der Waals surface area contributed by atoms with E-state index >= 15 is 0 Å². The molecule has 18 heavy (non-hydrogen) atoms. The Labute approximate surface area is 111 Å². The van der Waals surface area contributed by atoms with Crippen molar-refractivity contribution in [3.05, 3.63) is 22.8 Å². The molecule has 0 amide bonds. The fraction of sp³-hybridized carbons (Fsp3) is 0.222. The minimum atomic E-state index is -0.604. The highest BCUT2D eigenvalue weighted by Gasteiger charge is 2.14. The van der Waals surface area contributed by atoms with Gasteiger partial charge in [-0.25, -0.2) is 19.4 Å². The van der Waals surface area contributed by atoms with Crippen molar-refractivity contribution in [1.82, 2.24) is 24.7 Å². The number of hydrogen-bond acceptors (Lipinski definition) is 7. The zero-order chi connectivity index (χ0) is 13.1. The van der Waals surface area contributed by atoms with E-state index in [1.54, 1.807) is 13.2 Å². The maximum absolute atomic E-state index is 11.2. The van der Waals surface area contributed by atoms with Crippen molar-refractivity contribution >= 4 is 27.8 Å². The summed E-state index contributed by atoms with van der Waals surface area (Å²) in [6, 6.07) is 0. The minimum Gasteiger partial charge on any atom is -0.463 e. The highest BCUT2D eigenvalue weighted by molar-refractivity contribution is 9.10. The summed E-state index contributed by atoms with van der Waals surface area (Å²) in [5, 5.41) is 6.78. The first-order valence-corrected chi connectivity index (χ1v) is 5.65. The molecule has 0 aromatic carbocycles. The van der Waals surface area contributed by atoms with Crippen molar-refractivity contribution < 1.29 is 9.53 Å². The van der Waals surface area contributed by atoms with Crippen molar-refractivity contribution in [2.45, 2.75) is 0 Å². The van der Waals surface area contributed by atoms with Gasteiger partial charge >= 0.3 is 5.97 Å². The molecule has 0 bridgehead atoms. The van der Waals surface area contributed by atoms with Gasteiger partial charge in [-0.15, -0.1) is 5.10 Å². The van der Waals surface area contributed by atoms with Crippen LogP contribution in [-0.4, -0.2) is 44.9 Å². The van der Waals surface area contributed by atoms with Crippen LogP contribution in [-0.2, 0) is 4.74 Å². The Morgan fingerprint density at radius 2 is 2.28 bits per heavy atom. The molecule has 0 unspecified atom stereocenters. The SMILES string of the molecule is CNc1ncc(Br)c(-n2cnc(C(=O)OC)n2)n1. The number of esters is 1. The van der Waals surface area contributed by atoms with Crippen LogP contribution in [0.4, 0.5) is 5.95 Å². The van der Waals surface area contributed by atoms with Gasteiger partial charge in [0.05, 0.1) is 11.6 Å². The lowest BCUT2D eigenvalue weighted by molar-refractivity contribution is 0.0587. The van der Waals surface area contributed by atoms with Crippen LogP contribution in [0, 0.1) is 0 Å². The molecule has 94 valence electrons. The van der Waals surface area contributed by atoms with Crippen LogP contribution in [0.15, 0.2) is 17.0 Å². The van der Waals surface area contributed by atoms with E-state index in [0.29, 0.717) is 16.2 Å². The van der Waals surface area contributed by atoms with E-state index in [2.05, 4.69) is 46.0 Å². The molecule has 0 saturated heterocycles. The van der Waals surface area contributed by atoms with Gasteiger partial charge in [0.15, 0.2) is 5.82 Å². The normalized spacial score (nSPS) is 10.2. The van der Waals surface area contributed by atoms with Crippen LogP contribution in [0.5, 0.6) is 0 Å². The third kappa shape index (κ3) is 2.30. The molecule has 0 fully saturated rings. The summed E-state index contributed by atoms with van der Waals surface area (Å²) in [6.07, 6.45) is 2.95. The molecular formula is C9H9BrN6O2. The Balaban J connectivity index is 2.42. The number of anilines is 1. The number of halogens is 1. The molecule has 0 aliphatic carbocycles. The number of hydrogen-bond donors (Lipinski definition) is 1. The van der Waals surface area contributed by atoms with Gasteiger partial charge in [-0.2, -0.15) is 4.98 Å². The minimum absolute atomic E-state index is 0.0333. The van der Waals surface area contributed by atoms with Gasteiger partial charge < -0.3 is 10.1 Å². The van der Waals surface area contributed by atoms with Crippen molar-refractivity contribution in [2.75, 3.05) is 19.5 Å². The number of ether oxygens (including phenoxy) is 1. The molecule has 0 aliphatic heterocycles. The van der Waals surface area contributed by atoms with E-state index in [-0.39, 0.29) is 5.82 Å². The van der Waals surface area contributed by atoms with Crippen LogP contribution in [0.2, 0.25) is 0 Å². The van der Waals surface area contributed by atoms with Gasteiger partial charge in [0.1, 0.15) is 6.33 Å². The van der Waals surface area contributed by atoms with Crippen molar-refractivity contribution in [1.29, 1.82) is 0 Å². The number of methoxy groups -OCH3 is 1. The Hall–Kier alpha value is -2.03. The lowest BCUT2D eigenvalue weighted by atomic mass is 10.6. The number of carbonyl (C=O) groups is 1. The van der Waals surface area contributed by atoms with Gasteiger partial charge in [-0.3, -0.25) is 0 Å². The van der Waals surface area contributed by atoms with Crippen molar-refractivity contribution in [3.63, 3.8) is 0 Å². The maximum atomic E-state index is 11.2. The highest BCUT2D eigenvalue weighted by Crippen LogP contribution is 2.18. The van der Waals surface area contributed by atoms with Crippen molar-refractivity contribution in [3.8, 4) is 5.82 Å². The summed E-state index contributed by atoms with van der Waals surface area (Å²) in [5.74, 6) is 0.266. The first kappa shape index (κ1) is 12.4. The molecule has 9 heteroatoms. The number of rotatable bonds is 3. The van der Waals surface area contributed by atoms with Crippen LogP contribution in [0.25, 0.3) is 5.82 Å². The van der Waals surface area contributed by atoms with Gasteiger partial charge in [0.2, 0.25) is 5.95 Å². The predicted molar refractivity (Wildman–Crippen MR) is 65.5 cm³/mol. The van der Waals surface area contributed by atoms with Crippen molar-refractivity contribution in [2.24, 2.45) is 0 Å². The van der Waals surface area contributed by atoms with Crippen LogP contribution >= 0.6 is 15.9 Å². The molecule has 2 aromatic heterocycles. The fourth-order valence-electron chi connectivity index (χ4n) is 1.19. The average Bonchev–Trinajstić information content (AvgIpc) is 2.88. The van der Waals surface area contributed by atoms with E-state index < -0.39 is 5.97 Å². The second-order valence-corrected chi connectivity index (χ2v) is 3.97. The Morgan fingerprint density at radius 1 is 1.50 bits per heavy atom. The third-order valence-corrected chi connectivity index (χ3v) is 2.59. The molecule has 0 spiro atoms. The summed E-state index contributed by atoms with van der Waals surface area (Å²) in [5.41, 5.74) is 0. The predicted octanol–water partition coefficient (Wildman–Crippen LogP) is 0.648.